The molecule has 0 aromatic heterocycles. The molecule has 1 heterocycles. The molecule has 5 heteroatoms. The molecule has 1 rings (SSSR count). The Labute approximate surface area is 95.7 Å². The SMILES string of the molecule is CCCC[C@H](NC(=O)[C@H]1CCCO1)C(N)=O. The molecule has 1 fully saturated rings. The maximum atomic E-state index is 11.7. The second-order valence-electron chi connectivity index (χ2n) is 4.11. The second-order valence-corrected chi connectivity index (χ2v) is 4.11. The summed E-state index contributed by atoms with van der Waals surface area (Å²) in [5.74, 6) is -0.683. The molecule has 0 aliphatic carbocycles. The molecule has 0 unspecified atom stereocenters. The molecule has 2 atom stereocenters. The average Bonchev–Trinajstić information content (AvgIpc) is 2.76. The zero-order valence-electron chi connectivity index (χ0n) is 9.70. The van der Waals surface area contributed by atoms with Crippen LogP contribution in [-0.2, 0) is 14.3 Å². The van der Waals surface area contributed by atoms with Crippen LogP contribution in [0.15, 0.2) is 0 Å². The lowest BCUT2D eigenvalue weighted by atomic mass is 10.1. The van der Waals surface area contributed by atoms with Crippen LogP contribution < -0.4 is 11.1 Å². The first-order valence-electron chi connectivity index (χ1n) is 5.86. The van der Waals surface area contributed by atoms with Crippen LogP contribution in [0.1, 0.15) is 39.0 Å². The fraction of sp³-hybridized carbons (Fsp3) is 0.818. The van der Waals surface area contributed by atoms with Gasteiger partial charge < -0.3 is 15.8 Å². The lowest BCUT2D eigenvalue weighted by Crippen LogP contribution is -2.47. The molecule has 2 amide bonds. The molecule has 1 saturated heterocycles. The highest BCUT2D eigenvalue weighted by molar-refractivity contribution is 5.88. The van der Waals surface area contributed by atoms with Crippen molar-refractivity contribution in [3.05, 3.63) is 0 Å². The van der Waals surface area contributed by atoms with Gasteiger partial charge >= 0.3 is 0 Å². The van der Waals surface area contributed by atoms with Gasteiger partial charge in [-0.1, -0.05) is 19.8 Å². The standard InChI is InChI=1S/C11H20N2O3/c1-2-3-5-8(10(12)14)13-11(15)9-6-4-7-16-9/h8-9H,2-7H2,1H3,(H2,12,14)(H,13,15)/t8-,9+/m0/s1. The largest absolute Gasteiger partial charge is 0.368 e. The van der Waals surface area contributed by atoms with Gasteiger partial charge in [0.05, 0.1) is 0 Å². The van der Waals surface area contributed by atoms with Gasteiger partial charge in [-0.2, -0.15) is 0 Å². The van der Waals surface area contributed by atoms with Crippen molar-refractivity contribution in [1.82, 2.24) is 5.32 Å². The van der Waals surface area contributed by atoms with Crippen LogP contribution in [0, 0.1) is 0 Å². The molecule has 0 saturated carbocycles. The van der Waals surface area contributed by atoms with Crippen LogP contribution in [0.2, 0.25) is 0 Å². The molecule has 3 N–H and O–H groups in total. The Morgan fingerprint density at radius 2 is 2.31 bits per heavy atom. The number of rotatable bonds is 6. The van der Waals surface area contributed by atoms with E-state index in [1.165, 1.54) is 0 Å². The first kappa shape index (κ1) is 13.0. The van der Waals surface area contributed by atoms with Crippen molar-refractivity contribution in [2.24, 2.45) is 5.73 Å². The zero-order valence-corrected chi connectivity index (χ0v) is 9.70. The van der Waals surface area contributed by atoms with Crippen LogP contribution in [0.4, 0.5) is 0 Å². The Bertz CT molecular complexity index is 250. The first-order chi connectivity index (χ1) is 7.65. The highest BCUT2D eigenvalue weighted by atomic mass is 16.5. The molecule has 1 aliphatic rings. The predicted octanol–water partition coefficient (Wildman–Crippen LogP) is 0.326. The summed E-state index contributed by atoms with van der Waals surface area (Å²) in [6.45, 7) is 2.65. The van der Waals surface area contributed by atoms with E-state index in [9.17, 15) is 9.59 Å². The van der Waals surface area contributed by atoms with E-state index in [0.29, 0.717) is 13.0 Å². The fourth-order valence-electron chi connectivity index (χ4n) is 1.74. The van der Waals surface area contributed by atoms with Crippen LogP contribution in [0.3, 0.4) is 0 Å². The molecule has 5 nitrogen and oxygen atoms in total. The van der Waals surface area contributed by atoms with E-state index in [4.69, 9.17) is 10.5 Å². The maximum Gasteiger partial charge on any atom is 0.249 e. The molecule has 92 valence electrons. The van der Waals surface area contributed by atoms with Gasteiger partial charge in [0.25, 0.3) is 0 Å². The van der Waals surface area contributed by atoms with Gasteiger partial charge in [0, 0.05) is 6.61 Å². The van der Waals surface area contributed by atoms with Gasteiger partial charge in [0.1, 0.15) is 12.1 Å². The Morgan fingerprint density at radius 3 is 2.81 bits per heavy atom. The van der Waals surface area contributed by atoms with Gasteiger partial charge in [-0.05, 0) is 19.3 Å². The van der Waals surface area contributed by atoms with Crippen molar-refractivity contribution in [3.63, 3.8) is 0 Å². The number of nitrogens with two attached hydrogens (primary N) is 1. The van der Waals surface area contributed by atoms with E-state index in [1.807, 2.05) is 6.92 Å². The molecule has 0 spiro atoms. The van der Waals surface area contributed by atoms with Crippen molar-refractivity contribution in [2.45, 2.75) is 51.2 Å². The molecular formula is C11H20N2O3. The fourth-order valence-corrected chi connectivity index (χ4v) is 1.74. The van der Waals surface area contributed by atoms with Crippen LogP contribution in [0.25, 0.3) is 0 Å². The zero-order chi connectivity index (χ0) is 12.0. The highest BCUT2D eigenvalue weighted by Crippen LogP contribution is 2.12. The number of unbranched alkanes of at least 4 members (excludes halogenated alkanes) is 1. The summed E-state index contributed by atoms with van der Waals surface area (Å²) in [6.07, 6.45) is 3.67. The third-order valence-corrected chi connectivity index (χ3v) is 2.73. The van der Waals surface area contributed by atoms with Crippen molar-refractivity contribution in [1.29, 1.82) is 0 Å². The van der Waals surface area contributed by atoms with E-state index in [2.05, 4.69) is 5.32 Å². The van der Waals surface area contributed by atoms with Gasteiger partial charge in [0.15, 0.2) is 0 Å². The van der Waals surface area contributed by atoms with Crippen molar-refractivity contribution < 1.29 is 14.3 Å². The predicted molar refractivity (Wildman–Crippen MR) is 59.6 cm³/mol. The summed E-state index contributed by atoms with van der Waals surface area (Å²) >= 11 is 0. The Kier molecular flexibility index (Phi) is 5.25. The second kappa shape index (κ2) is 6.48. The molecule has 16 heavy (non-hydrogen) atoms. The summed E-state index contributed by atoms with van der Waals surface area (Å²) in [5, 5.41) is 2.65. The molecular weight excluding hydrogens is 208 g/mol. The summed E-state index contributed by atoms with van der Waals surface area (Å²) in [7, 11) is 0. The minimum absolute atomic E-state index is 0.211. The lowest BCUT2D eigenvalue weighted by Gasteiger charge is -2.17. The van der Waals surface area contributed by atoms with E-state index >= 15 is 0 Å². The normalized spacial score (nSPS) is 21.7. The summed E-state index contributed by atoms with van der Waals surface area (Å²) in [4.78, 5) is 22.8. The van der Waals surface area contributed by atoms with Crippen molar-refractivity contribution in [2.75, 3.05) is 6.61 Å². The Balaban J connectivity index is 2.40. The van der Waals surface area contributed by atoms with Crippen molar-refractivity contribution >= 4 is 11.8 Å². The number of nitrogens with one attached hydrogen (secondary N) is 1. The Hall–Kier alpha value is -1.10. The minimum atomic E-state index is -0.559. The number of carbonyl (C=O) groups is 2. The number of ether oxygens (including phenoxy) is 1. The molecule has 0 aromatic carbocycles. The van der Waals surface area contributed by atoms with E-state index in [-0.39, 0.29) is 5.91 Å². The summed E-state index contributed by atoms with van der Waals surface area (Å²) in [5.41, 5.74) is 5.23. The third kappa shape index (κ3) is 3.81. The number of amides is 2. The monoisotopic (exact) mass is 228 g/mol. The average molecular weight is 228 g/mol. The molecule has 0 bridgehead atoms. The van der Waals surface area contributed by atoms with Gasteiger partial charge in [-0.15, -0.1) is 0 Å². The van der Waals surface area contributed by atoms with E-state index in [1.54, 1.807) is 0 Å². The van der Waals surface area contributed by atoms with E-state index < -0.39 is 18.1 Å². The highest BCUT2D eigenvalue weighted by Gasteiger charge is 2.26. The smallest absolute Gasteiger partial charge is 0.249 e. The quantitative estimate of drug-likeness (QED) is 0.687. The summed E-state index contributed by atoms with van der Waals surface area (Å²) in [6, 6.07) is -0.559. The molecule has 0 aromatic rings. The summed E-state index contributed by atoms with van der Waals surface area (Å²) < 4.78 is 5.24. The van der Waals surface area contributed by atoms with Crippen molar-refractivity contribution in [3.8, 4) is 0 Å². The number of primary amides is 1. The van der Waals surface area contributed by atoms with Gasteiger partial charge in [-0.25, -0.2) is 0 Å². The third-order valence-electron chi connectivity index (χ3n) is 2.73. The minimum Gasteiger partial charge on any atom is -0.368 e. The van der Waals surface area contributed by atoms with Crippen LogP contribution in [-0.4, -0.2) is 30.6 Å². The van der Waals surface area contributed by atoms with E-state index in [0.717, 1.165) is 25.7 Å². The number of carbonyl (C=O) groups excluding carboxylic acids is 2. The molecule has 1 aliphatic heterocycles. The Morgan fingerprint density at radius 1 is 1.56 bits per heavy atom. The van der Waals surface area contributed by atoms with Crippen LogP contribution in [0.5, 0.6) is 0 Å². The van der Waals surface area contributed by atoms with Gasteiger partial charge in [0.2, 0.25) is 11.8 Å². The number of hydrogen-bond donors (Lipinski definition) is 2. The topological polar surface area (TPSA) is 81.4 Å². The van der Waals surface area contributed by atoms with Crippen LogP contribution >= 0.6 is 0 Å². The molecule has 0 radical (unpaired) electrons. The lowest BCUT2D eigenvalue weighted by molar-refractivity contribution is -0.133. The maximum absolute atomic E-state index is 11.7. The number of hydrogen-bond acceptors (Lipinski definition) is 3. The first-order valence-corrected chi connectivity index (χ1v) is 5.86. The van der Waals surface area contributed by atoms with Gasteiger partial charge in [-0.3, -0.25) is 9.59 Å².